The molecule has 1 aromatic carbocycles. The van der Waals surface area contributed by atoms with Gasteiger partial charge in [0.2, 0.25) is 0 Å². The standard InChI is InChI=1S/C18H13N5/c1-2-4-13(5-3-1)17-20-10-15(11-21-17)16-12-22-18(23-16)14-6-8-19-9-7-14/h1-12H,(H,22,23). The van der Waals surface area contributed by atoms with Crippen LogP contribution in [0.5, 0.6) is 0 Å². The zero-order chi connectivity index (χ0) is 15.5. The molecule has 0 amide bonds. The molecule has 5 heteroatoms. The Morgan fingerprint density at radius 1 is 0.652 bits per heavy atom. The van der Waals surface area contributed by atoms with Crippen LogP contribution in [0.2, 0.25) is 0 Å². The Balaban J connectivity index is 1.63. The number of pyridine rings is 1. The van der Waals surface area contributed by atoms with Crippen LogP contribution in [0.25, 0.3) is 34.0 Å². The number of nitrogens with zero attached hydrogens (tertiary/aromatic N) is 4. The van der Waals surface area contributed by atoms with Crippen molar-refractivity contribution in [3.8, 4) is 34.0 Å². The van der Waals surface area contributed by atoms with Crippen LogP contribution in [0.15, 0.2) is 73.4 Å². The van der Waals surface area contributed by atoms with Crippen molar-refractivity contribution in [2.75, 3.05) is 0 Å². The van der Waals surface area contributed by atoms with E-state index >= 15 is 0 Å². The molecule has 0 aliphatic rings. The lowest BCUT2D eigenvalue weighted by Gasteiger charge is -2.01. The number of nitrogens with one attached hydrogen (secondary N) is 1. The highest BCUT2D eigenvalue weighted by atomic mass is 14.9. The molecular formula is C18H13N5. The minimum atomic E-state index is 0.711. The summed E-state index contributed by atoms with van der Waals surface area (Å²) in [5, 5.41) is 0. The van der Waals surface area contributed by atoms with Crippen molar-refractivity contribution in [2.24, 2.45) is 0 Å². The van der Waals surface area contributed by atoms with Gasteiger partial charge < -0.3 is 4.98 Å². The normalized spacial score (nSPS) is 10.6. The summed E-state index contributed by atoms with van der Waals surface area (Å²) in [5.41, 5.74) is 3.78. The van der Waals surface area contributed by atoms with Crippen LogP contribution in [0.1, 0.15) is 0 Å². The molecule has 0 radical (unpaired) electrons. The van der Waals surface area contributed by atoms with Crippen molar-refractivity contribution in [2.45, 2.75) is 0 Å². The lowest BCUT2D eigenvalue weighted by Crippen LogP contribution is -1.89. The van der Waals surface area contributed by atoms with Gasteiger partial charge in [-0.1, -0.05) is 30.3 Å². The largest absolute Gasteiger partial charge is 0.338 e. The Kier molecular flexibility index (Phi) is 3.37. The van der Waals surface area contributed by atoms with E-state index in [1.54, 1.807) is 31.0 Å². The first-order valence-electron chi connectivity index (χ1n) is 7.23. The third-order valence-electron chi connectivity index (χ3n) is 3.52. The van der Waals surface area contributed by atoms with Gasteiger partial charge in [0.05, 0.1) is 11.9 Å². The molecule has 3 aromatic heterocycles. The van der Waals surface area contributed by atoms with E-state index in [4.69, 9.17) is 0 Å². The van der Waals surface area contributed by atoms with Crippen LogP contribution in [-0.2, 0) is 0 Å². The minimum absolute atomic E-state index is 0.711. The van der Waals surface area contributed by atoms with E-state index in [1.165, 1.54) is 0 Å². The Bertz CT molecular complexity index is 899. The second kappa shape index (κ2) is 5.81. The summed E-state index contributed by atoms with van der Waals surface area (Å²) in [6.07, 6.45) is 8.89. The van der Waals surface area contributed by atoms with Gasteiger partial charge in [0.25, 0.3) is 0 Å². The van der Waals surface area contributed by atoms with Gasteiger partial charge in [-0.15, -0.1) is 0 Å². The molecule has 0 aliphatic heterocycles. The van der Waals surface area contributed by atoms with Gasteiger partial charge in [-0.05, 0) is 12.1 Å². The third-order valence-corrected chi connectivity index (χ3v) is 3.52. The quantitative estimate of drug-likeness (QED) is 0.627. The first-order valence-corrected chi connectivity index (χ1v) is 7.23. The second-order valence-electron chi connectivity index (χ2n) is 5.04. The number of aromatic nitrogens is 5. The van der Waals surface area contributed by atoms with Crippen molar-refractivity contribution < 1.29 is 0 Å². The zero-order valence-corrected chi connectivity index (χ0v) is 12.2. The molecule has 0 bridgehead atoms. The highest BCUT2D eigenvalue weighted by Crippen LogP contribution is 2.22. The maximum atomic E-state index is 4.44. The fourth-order valence-electron chi connectivity index (χ4n) is 2.33. The maximum absolute atomic E-state index is 4.44. The van der Waals surface area contributed by atoms with Gasteiger partial charge in [0.1, 0.15) is 5.82 Å². The molecule has 23 heavy (non-hydrogen) atoms. The summed E-state index contributed by atoms with van der Waals surface area (Å²) in [4.78, 5) is 20.6. The van der Waals surface area contributed by atoms with E-state index in [0.717, 1.165) is 28.2 Å². The van der Waals surface area contributed by atoms with E-state index in [9.17, 15) is 0 Å². The van der Waals surface area contributed by atoms with Crippen LogP contribution in [0, 0.1) is 0 Å². The summed E-state index contributed by atoms with van der Waals surface area (Å²) in [7, 11) is 0. The van der Waals surface area contributed by atoms with E-state index in [2.05, 4.69) is 24.9 Å². The van der Waals surface area contributed by atoms with Gasteiger partial charge in [-0.2, -0.15) is 0 Å². The van der Waals surface area contributed by atoms with E-state index in [1.807, 2.05) is 42.5 Å². The van der Waals surface area contributed by atoms with Crippen LogP contribution in [0.4, 0.5) is 0 Å². The fourth-order valence-corrected chi connectivity index (χ4v) is 2.33. The second-order valence-corrected chi connectivity index (χ2v) is 5.04. The van der Waals surface area contributed by atoms with Crippen molar-refractivity contribution >= 4 is 0 Å². The Hall–Kier alpha value is -3.34. The third kappa shape index (κ3) is 2.72. The Morgan fingerprint density at radius 2 is 1.39 bits per heavy atom. The number of hydrogen-bond acceptors (Lipinski definition) is 4. The van der Waals surface area contributed by atoms with E-state index in [0.29, 0.717) is 5.82 Å². The number of benzene rings is 1. The van der Waals surface area contributed by atoms with Crippen LogP contribution < -0.4 is 0 Å². The van der Waals surface area contributed by atoms with Gasteiger partial charge in [0.15, 0.2) is 5.82 Å². The predicted molar refractivity (Wildman–Crippen MR) is 88.3 cm³/mol. The SMILES string of the molecule is c1ccc(-c2ncc(-c3cnc(-c4ccncc4)[nH]3)cn2)cc1. The van der Waals surface area contributed by atoms with Crippen LogP contribution in [-0.4, -0.2) is 24.9 Å². The smallest absolute Gasteiger partial charge is 0.159 e. The summed E-state index contributed by atoms with van der Waals surface area (Å²) in [6, 6.07) is 13.7. The topological polar surface area (TPSA) is 67.3 Å². The zero-order valence-electron chi connectivity index (χ0n) is 12.2. The van der Waals surface area contributed by atoms with E-state index < -0.39 is 0 Å². The minimum Gasteiger partial charge on any atom is -0.338 e. The number of H-pyrrole nitrogens is 1. The van der Waals surface area contributed by atoms with Gasteiger partial charge >= 0.3 is 0 Å². The molecule has 4 rings (SSSR count). The summed E-state index contributed by atoms with van der Waals surface area (Å²) in [5.74, 6) is 1.51. The van der Waals surface area contributed by atoms with Crippen LogP contribution >= 0.6 is 0 Å². The summed E-state index contributed by atoms with van der Waals surface area (Å²) < 4.78 is 0. The molecule has 0 atom stereocenters. The van der Waals surface area contributed by atoms with Crippen molar-refractivity contribution in [3.05, 3.63) is 73.4 Å². The number of hydrogen-bond donors (Lipinski definition) is 1. The molecule has 0 spiro atoms. The molecular weight excluding hydrogens is 286 g/mol. The van der Waals surface area contributed by atoms with Crippen molar-refractivity contribution in [3.63, 3.8) is 0 Å². The number of rotatable bonds is 3. The average molecular weight is 299 g/mol. The predicted octanol–water partition coefficient (Wildman–Crippen LogP) is 3.60. The van der Waals surface area contributed by atoms with Crippen molar-refractivity contribution in [1.82, 2.24) is 24.9 Å². The average Bonchev–Trinajstić information content (AvgIpc) is 3.14. The first-order chi connectivity index (χ1) is 11.4. The van der Waals surface area contributed by atoms with Crippen LogP contribution in [0.3, 0.4) is 0 Å². The number of aromatic amines is 1. The molecule has 1 N–H and O–H groups in total. The molecule has 0 saturated carbocycles. The molecule has 110 valence electrons. The van der Waals surface area contributed by atoms with Crippen molar-refractivity contribution in [1.29, 1.82) is 0 Å². The lowest BCUT2D eigenvalue weighted by atomic mass is 10.2. The molecule has 0 aliphatic carbocycles. The van der Waals surface area contributed by atoms with Gasteiger partial charge in [-0.3, -0.25) is 4.98 Å². The fraction of sp³-hybridized carbons (Fsp3) is 0. The van der Waals surface area contributed by atoms with Gasteiger partial charge in [0, 0.05) is 41.5 Å². The molecule has 0 saturated heterocycles. The molecule has 0 unspecified atom stereocenters. The lowest BCUT2D eigenvalue weighted by molar-refractivity contribution is 1.17. The molecule has 4 aromatic rings. The monoisotopic (exact) mass is 299 g/mol. The Labute approximate surface area is 133 Å². The molecule has 3 heterocycles. The van der Waals surface area contributed by atoms with Gasteiger partial charge in [-0.25, -0.2) is 15.0 Å². The number of imidazole rings is 1. The van der Waals surface area contributed by atoms with E-state index in [-0.39, 0.29) is 0 Å². The summed E-state index contributed by atoms with van der Waals surface area (Å²) >= 11 is 0. The highest BCUT2D eigenvalue weighted by molar-refractivity contribution is 5.64. The maximum Gasteiger partial charge on any atom is 0.159 e. The Morgan fingerprint density at radius 3 is 2.13 bits per heavy atom. The summed E-state index contributed by atoms with van der Waals surface area (Å²) in [6.45, 7) is 0. The molecule has 5 nitrogen and oxygen atoms in total. The molecule has 0 fully saturated rings. The highest BCUT2D eigenvalue weighted by Gasteiger charge is 2.07. The first kappa shape index (κ1) is 13.3.